The summed E-state index contributed by atoms with van der Waals surface area (Å²) in [7, 11) is 0.560. The fourth-order valence-electron chi connectivity index (χ4n) is 5.13. The molecule has 1 aliphatic carbocycles. The van der Waals surface area contributed by atoms with Crippen LogP contribution in [0.4, 0.5) is 10.5 Å². The number of amides is 1. The number of carbonyl (C=O) groups is 1. The van der Waals surface area contributed by atoms with E-state index >= 15 is 0 Å². The van der Waals surface area contributed by atoms with Crippen molar-refractivity contribution in [2.75, 3.05) is 25.1 Å². The van der Waals surface area contributed by atoms with E-state index in [-0.39, 0.29) is 24.6 Å². The highest BCUT2D eigenvalue weighted by Crippen LogP contribution is 2.41. The van der Waals surface area contributed by atoms with Crippen LogP contribution in [0.2, 0.25) is 0 Å². The summed E-state index contributed by atoms with van der Waals surface area (Å²) < 4.78 is 28.4. The molecule has 0 spiro atoms. The molecule has 1 atom stereocenters. The minimum Gasteiger partial charge on any atom is -0.494 e. The molecule has 1 fully saturated rings. The van der Waals surface area contributed by atoms with Crippen molar-refractivity contribution in [1.82, 2.24) is 4.90 Å². The molecule has 0 saturated carbocycles. The van der Waals surface area contributed by atoms with E-state index in [0.717, 1.165) is 24.0 Å². The van der Waals surface area contributed by atoms with Gasteiger partial charge in [-0.25, -0.2) is 4.79 Å². The number of anilines is 1. The molecule has 0 aromatic heterocycles. The Morgan fingerprint density at radius 3 is 2.45 bits per heavy atom. The van der Waals surface area contributed by atoms with Crippen LogP contribution in [0.3, 0.4) is 0 Å². The second-order valence-electron chi connectivity index (χ2n) is 9.86. The Morgan fingerprint density at radius 1 is 1.02 bits per heavy atom. The first-order chi connectivity index (χ1) is 20.4. The van der Waals surface area contributed by atoms with Gasteiger partial charge >= 0.3 is 13.2 Å². The molecule has 0 radical (unpaired) electrons. The largest absolute Gasteiger partial charge is 0.636 e. The van der Waals surface area contributed by atoms with Crippen LogP contribution in [0.1, 0.15) is 29.2 Å². The van der Waals surface area contributed by atoms with Crippen LogP contribution in [-0.2, 0) is 20.5 Å². The minimum atomic E-state index is -1.05. The second kappa shape index (κ2) is 11.2. The predicted octanol–water partition coefficient (Wildman–Crippen LogP) is 4.76. The molecule has 2 aliphatic heterocycles. The molecule has 1 amide bonds. The summed E-state index contributed by atoms with van der Waals surface area (Å²) in [5.41, 5.74) is 3.42. The molecule has 0 unspecified atom stereocenters. The fourth-order valence-corrected chi connectivity index (χ4v) is 5.13. The van der Waals surface area contributed by atoms with E-state index < -0.39 is 13.2 Å². The van der Waals surface area contributed by atoms with Crippen molar-refractivity contribution in [2.24, 2.45) is 0 Å². The highest BCUT2D eigenvalue weighted by Gasteiger charge is 2.31. The third-order valence-electron chi connectivity index (χ3n) is 7.06. The average Bonchev–Trinajstić information content (AvgIpc) is 3.58. The summed E-state index contributed by atoms with van der Waals surface area (Å²) in [6, 6.07) is 20.0. The molecule has 6 rings (SSSR count). The van der Waals surface area contributed by atoms with E-state index in [2.05, 4.69) is 6.07 Å². The Bertz CT molecular complexity index is 1600. The zero-order chi connectivity index (χ0) is 29.2. The lowest BCUT2D eigenvalue weighted by Gasteiger charge is -2.20. The Hall–Kier alpha value is -5.44. The van der Waals surface area contributed by atoms with Gasteiger partial charge in [0.2, 0.25) is 0 Å². The molecule has 3 aromatic rings. The van der Waals surface area contributed by atoms with Gasteiger partial charge in [-0.15, -0.1) is 0 Å². The lowest BCUT2D eigenvalue weighted by atomic mass is 9.79. The fraction of sp³-hybridized carbons (Fsp3) is 0.200. The minimum absolute atomic E-state index is 0.200. The number of fused-ring (bicyclic) bond motifs is 1. The van der Waals surface area contributed by atoms with Gasteiger partial charge in [0, 0.05) is 24.1 Å². The molecule has 212 valence electrons. The maximum atomic E-state index is 12.1. The number of hydrogen-bond acceptors (Lipinski definition) is 10. The normalized spacial score (nSPS) is 19.2. The summed E-state index contributed by atoms with van der Waals surface area (Å²) in [6.45, 7) is 0.641. The number of nitrogens with zero attached hydrogens (tertiary/aromatic N) is 3. The van der Waals surface area contributed by atoms with E-state index in [9.17, 15) is 20.3 Å². The van der Waals surface area contributed by atoms with Crippen molar-refractivity contribution in [3.05, 3.63) is 102 Å². The molecule has 12 heteroatoms. The van der Waals surface area contributed by atoms with Crippen LogP contribution in [0.5, 0.6) is 17.2 Å². The monoisotopic (exact) mass is 567 g/mol. The third kappa shape index (κ3) is 5.45. The first-order valence-electron chi connectivity index (χ1n) is 13.3. The summed E-state index contributed by atoms with van der Waals surface area (Å²) >= 11 is 0. The Morgan fingerprint density at radius 2 is 1.76 bits per heavy atom. The van der Waals surface area contributed by atoms with Gasteiger partial charge in [0.05, 0.1) is 30.2 Å². The SMILES string of the molecule is CN1C=C(O)OB(c2ccc(O[C@@H]3CCc4c(Oc5ccc(C#N)c(N6CCOC6=O)c5)cccc43)cc2)O/C(O)=C\1. The number of ether oxygens (including phenoxy) is 3. The predicted molar refractivity (Wildman–Crippen MR) is 151 cm³/mol. The highest BCUT2D eigenvalue weighted by molar-refractivity contribution is 6.61. The summed E-state index contributed by atoms with van der Waals surface area (Å²) in [5, 5.41) is 29.5. The lowest BCUT2D eigenvalue weighted by molar-refractivity contribution is 0.124. The standard InChI is InChI=1S/C30H26BN3O8/c1-33-17-28(35)41-31(42-29(36)18-33)20-6-9-21(10-7-20)39-27-12-11-24-23(27)3-2-4-26(24)40-22-8-5-19(16-32)25(15-22)34-13-14-38-30(34)37/h2-10,15,17-18,27,35-36H,11-14H2,1H3/b28-17-,29-18?/t27-/m1/s1. The molecule has 2 heterocycles. The quantitative estimate of drug-likeness (QED) is 0.402. The van der Waals surface area contributed by atoms with Crippen molar-refractivity contribution in [3.63, 3.8) is 0 Å². The van der Waals surface area contributed by atoms with E-state index in [1.165, 1.54) is 22.2 Å². The molecular formula is C30H26BN3O8. The van der Waals surface area contributed by atoms with E-state index in [0.29, 0.717) is 40.5 Å². The van der Waals surface area contributed by atoms with Crippen molar-refractivity contribution >= 4 is 24.4 Å². The molecule has 11 nitrogen and oxygen atoms in total. The molecule has 3 aromatic carbocycles. The van der Waals surface area contributed by atoms with Gasteiger partial charge in [-0.05, 0) is 48.7 Å². The Labute approximate surface area is 242 Å². The van der Waals surface area contributed by atoms with Crippen LogP contribution in [0.25, 0.3) is 0 Å². The first kappa shape index (κ1) is 26.8. The van der Waals surface area contributed by atoms with Gasteiger partial charge in [-0.2, -0.15) is 5.26 Å². The van der Waals surface area contributed by atoms with Crippen LogP contribution in [-0.4, -0.2) is 48.5 Å². The Kier molecular flexibility index (Phi) is 7.15. The van der Waals surface area contributed by atoms with Crippen LogP contribution >= 0.6 is 0 Å². The number of nitriles is 1. The smallest absolute Gasteiger partial charge is 0.494 e. The zero-order valence-electron chi connectivity index (χ0n) is 22.6. The summed E-state index contributed by atoms with van der Waals surface area (Å²) in [6.07, 6.45) is 3.42. The number of cyclic esters (lactones) is 1. The lowest BCUT2D eigenvalue weighted by Crippen LogP contribution is -2.37. The van der Waals surface area contributed by atoms with E-state index in [1.807, 2.05) is 18.2 Å². The number of benzene rings is 3. The summed E-state index contributed by atoms with van der Waals surface area (Å²) in [4.78, 5) is 15.0. The van der Waals surface area contributed by atoms with Gasteiger partial charge < -0.3 is 38.6 Å². The van der Waals surface area contributed by atoms with E-state index in [1.54, 1.807) is 49.5 Å². The zero-order valence-corrected chi connectivity index (χ0v) is 22.6. The van der Waals surface area contributed by atoms with Crippen molar-refractivity contribution in [2.45, 2.75) is 18.9 Å². The highest BCUT2D eigenvalue weighted by atomic mass is 16.7. The van der Waals surface area contributed by atoms with Crippen LogP contribution in [0, 0.1) is 11.3 Å². The van der Waals surface area contributed by atoms with Crippen molar-refractivity contribution in [3.8, 4) is 23.3 Å². The number of aliphatic hydroxyl groups excluding tert-OH is 2. The Balaban J connectivity index is 1.17. The van der Waals surface area contributed by atoms with Crippen LogP contribution < -0.4 is 19.8 Å². The molecular weight excluding hydrogens is 541 g/mol. The number of hydrogen-bond donors (Lipinski definition) is 2. The van der Waals surface area contributed by atoms with Crippen LogP contribution in [0.15, 0.2) is 85.0 Å². The van der Waals surface area contributed by atoms with Gasteiger partial charge in [-0.1, -0.05) is 24.3 Å². The summed E-state index contributed by atoms with van der Waals surface area (Å²) in [5.74, 6) is 1.09. The maximum absolute atomic E-state index is 12.1. The number of rotatable bonds is 6. The van der Waals surface area contributed by atoms with Gasteiger partial charge in [0.15, 0.2) is 0 Å². The van der Waals surface area contributed by atoms with Crippen molar-refractivity contribution in [1.29, 1.82) is 5.26 Å². The average molecular weight is 567 g/mol. The maximum Gasteiger partial charge on any atom is 0.636 e. The third-order valence-corrected chi connectivity index (χ3v) is 7.06. The van der Waals surface area contributed by atoms with Gasteiger partial charge in [0.1, 0.15) is 36.0 Å². The van der Waals surface area contributed by atoms with Gasteiger partial charge in [-0.3, -0.25) is 4.90 Å². The van der Waals surface area contributed by atoms with Gasteiger partial charge in [0.25, 0.3) is 11.9 Å². The number of aliphatic hydroxyl groups is 2. The molecule has 3 aliphatic rings. The topological polar surface area (TPSA) is 134 Å². The molecule has 0 bridgehead atoms. The molecule has 1 saturated heterocycles. The van der Waals surface area contributed by atoms with Crippen molar-refractivity contribution < 1.29 is 38.5 Å². The molecule has 42 heavy (non-hydrogen) atoms. The van der Waals surface area contributed by atoms with E-state index in [4.69, 9.17) is 23.5 Å². The first-order valence-corrected chi connectivity index (χ1v) is 13.3. The number of carbonyl (C=O) groups excluding carboxylic acids is 1. The second-order valence-corrected chi connectivity index (χ2v) is 9.86. The molecule has 2 N–H and O–H groups in total.